The first-order chi connectivity index (χ1) is 7.39. The van der Waals surface area contributed by atoms with Crippen LogP contribution in [0, 0.1) is 25.2 Å². The highest BCUT2D eigenvalue weighted by Crippen LogP contribution is 2.64. The van der Waals surface area contributed by atoms with Crippen LogP contribution in [0.2, 0.25) is 0 Å². The first-order valence-corrected chi connectivity index (χ1v) is 5.89. The number of hydrogen-bond donors (Lipinski definition) is 2. The maximum atomic E-state index is 9.76. The third-order valence-electron chi connectivity index (χ3n) is 4.18. The normalized spacial score (nSPS) is 26.8. The van der Waals surface area contributed by atoms with E-state index in [1.165, 1.54) is 5.56 Å². The minimum Gasteiger partial charge on any atom is -0.507 e. The van der Waals surface area contributed by atoms with Gasteiger partial charge < -0.3 is 10.8 Å². The summed E-state index contributed by atoms with van der Waals surface area (Å²) in [7, 11) is 0. The maximum absolute atomic E-state index is 9.76. The summed E-state index contributed by atoms with van der Waals surface area (Å²) in [6.45, 7) is 9.20. The highest BCUT2D eigenvalue weighted by Gasteiger charge is 2.57. The van der Waals surface area contributed by atoms with Crippen molar-refractivity contribution < 1.29 is 5.11 Å². The lowest BCUT2D eigenvalue weighted by molar-refractivity contribution is 0.466. The fourth-order valence-corrected chi connectivity index (χ4v) is 3.01. The van der Waals surface area contributed by atoms with Gasteiger partial charge in [-0.3, -0.25) is 0 Å². The third-order valence-corrected chi connectivity index (χ3v) is 4.18. The molecule has 88 valence electrons. The van der Waals surface area contributed by atoms with Gasteiger partial charge in [-0.15, -0.1) is 0 Å². The third kappa shape index (κ3) is 1.52. The zero-order chi connectivity index (χ0) is 12.1. The smallest absolute Gasteiger partial charge is 0.121 e. The number of nitrogens with two attached hydrogens (primary N) is 1. The molecular weight excluding hydrogens is 198 g/mol. The minimum atomic E-state index is 0.310. The van der Waals surface area contributed by atoms with Crippen LogP contribution in [0.1, 0.15) is 36.5 Å². The van der Waals surface area contributed by atoms with Crippen molar-refractivity contribution in [3.63, 3.8) is 0 Å². The summed E-state index contributed by atoms with van der Waals surface area (Å²) >= 11 is 0. The van der Waals surface area contributed by atoms with Gasteiger partial charge in [0.05, 0.1) is 0 Å². The molecule has 0 saturated heterocycles. The summed E-state index contributed by atoms with van der Waals surface area (Å²) in [5.41, 5.74) is 9.36. The van der Waals surface area contributed by atoms with Crippen LogP contribution in [0.5, 0.6) is 5.75 Å². The molecule has 1 aromatic carbocycles. The summed E-state index contributed by atoms with van der Waals surface area (Å²) < 4.78 is 0. The average Bonchev–Trinajstić information content (AvgIpc) is 2.76. The van der Waals surface area contributed by atoms with Crippen LogP contribution < -0.4 is 5.73 Å². The zero-order valence-corrected chi connectivity index (χ0v) is 10.5. The summed E-state index contributed by atoms with van der Waals surface area (Å²) in [6, 6.07) is 4.20. The Balaban J connectivity index is 2.37. The van der Waals surface area contributed by atoms with Gasteiger partial charge in [-0.2, -0.15) is 0 Å². The van der Waals surface area contributed by atoms with Gasteiger partial charge in [0.2, 0.25) is 0 Å². The first kappa shape index (κ1) is 11.5. The fourth-order valence-electron chi connectivity index (χ4n) is 3.01. The molecule has 0 bridgehead atoms. The van der Waals surface area contributed by atoms with Gasteiger partial charge in [0.15, 0.2) is 0 Å². The first-order valence-electron chi connectivity index (χ1n) is 5.89. The maximum Gasteiger partial charge on any atom is 0.121 e. The van der Waals surface area contributed by atoms with Crippen molar-refractivity contribution in [2.45, 2.75) is 33.6 Å². The molecule has 0 unspecified atom stereocenters. The summed E-state index contributed by atoms with van der Waals surface area (Å²) in [5, 5.41) is 9.76. The molecule has 0 aliphatic heterocycles. The number of phenols is 1. The van der Waals surface area contributed by atoms with E-state index in [-0.39, 0.29) is 0 Å². The molecule has 2 rings (SSSR count). The van der Waals surface area contributed by atoms with Gasteiger partial charge in [-0.05, 0) is 54.3 Å². The Kier molecular flexibility index (Phi) is 2.50. The van der Waals surface area contributed by atoms with Gasteiger partial charge in [0.1, 0.15) is 5.75 Å². The predicted octanol–water partition coefficient (Wildman–Crippen LogP) is 2.71. The standard InChI is InChI=1S/C14H21NO/c1-8-5-10(6-9(2)13(8)16)12-11(7-15)14(12,3)4/h5-6,11-12,16H,7,15H2,1-4H3/t11-,12-/m1/s1. The summed E-state index contributed by atoms with van der Waals surface area (Å²) in [6.07, 6.45) is 0. The molecule has 0 heterocycles. The molecule has 2 atom stereocenters. The van der Waals surface area contributed by atoms with Crippen LogP contribution in [0.25, 0.3) is 0 Å². The molecule has 1 aromatic rings. The lowest BCUT2D eigenvalue weighted by Crippen LogP contribution is -2.05. The largest absolute Gasteiger partial charge is 0.507 e. The van der Waals surface area contributed by atoms with E-state index in [1.54, 1.807) is 0 Å². The number of hydrogen-bond acceptors (Lipinski definition) is 2. The number of aromatic hydroxyl groups is 1. The van der Waals surface area contributed by atoms with E-state index < -0.39 is 0 Å². The molecule has 1 aliphatic rings. The van der Waals surface area contributed by atoms with E-state index in [2.05, 4.69) is 26.0 Å². The van der Waals surface area contributed by atoms with Gasteiger partial charge in [0, 0.05) is 0 Å². The molecule has 0 radical (unpaired) electrons. The Labute approximate surface area is 97.5 Å². The minimum absolute atomic E-state index is 0.310. The summed E-state index contributed by atoms with van der Waals surface area (Å²) in [5.74, 6) is 1.55. The van der Waals surface area contributed by atoms with Crippen molar-refractivity contribution in [2.24, 2.45) is 17.1 Å². The second-order valence-corrected chi connectivity index (χ2v) is 5.64. The van der Waals surface area contributed by atoms with E-state index in [1.807, 2.05) is 13.8 Å². The molecule has 3 N–H and O–H groups in total. The molecule has 2 nitrogen and oxygen atoms in total. The van der Waals surface area contributed by atoms with E-state index in [4.69, 9.17) is 5.73 Å². The van der Waals surface area contributed by atoms with Crippen molar-refractivity contribution in [1.82, 2.24) is 0 Å². The lowest BCUT2D eigenvalue weighted by Gasteiger charge is -2.09. The van der Waals surface area contributed by atoms with Gasteiger partial charge in [-0.1, -0.05) is 26.0 Å². The van der Waals surface area contributed by atoms with Crippen LogP contribution in [0.15, 0.2) is 12.1 Å². The van der Waals surface area contributed by atoms with Crippen LogP contribution in [-0.2, 0) is 0 Å². The molecule has 16 heavy (non-hydrogen) atoms. The molecular formula is C14H21NO. The Morgan fingerprint density at radius 1 is 1.25 bits per heavy atom. The second-order valence-electron chi connectivity index (χ2n) is 5.64. The van der Waals surface area contributed by atoms with Crippen molar-refractivity contribution in [3.8, 4) is 5.75 Å². The van der Waals surface area contributed by atoms with Gasteiger partial charge in [0.25, 0.3) is 0 Å². The van der Waals surface area contributed by atoms with Gasteiger partial charge >= 0.3 is 0 Å². The van der Waals surface area contributed by atoms with E-state index >= 15 is 0 Å². The Bertz CT molecular complexity index is 400. The van der Waals surface area contributed by atoms with Crippen LogP contribution >= 0.6 is 0 Å². The second kappa shape index (κ2) is 3.49. The van der Waals surface area contributed by atoms with E-state index in [0.717, 1.165) is 17.7 Å². The Morgan fingerprint density at radius 2 is 1.75 bits per heavy atom. The number of benzene rings is 1. The topological polar surface area (TPSA) is 46.2 Å². The van der Waals surface area contributed by atoms with Gasteiger partial charge in [-0.25, -0.2) is 0 Å². The predicted molar refractivity (Wildman–Crippen MR) is 66.6 cm³/mol. The molecule has 1 fully saturated rings. The molecule has 1 aliphatic carbocycles. The summed E-state index contributed by atoms with van der Waals surface area (Å²) in [4.78, 5) is 0. The van der Waals surface area contributed by atoms with E-state index in [9.17, 15) is 5.11 Å². The monoisotopic (exact) mass is 219 g/mol. The van der Waals surface area contributed by atoms with E-state index in [0.29, 0.717) is 23.0 Å². The van der Waals surface area contributed by atoms with Crippen LogP contribution in [0.4, 0.5) is 0 Å². The molecule has 0 amide bonds. The molecule has 2 heteroatoms. The van der Waals surface area contributed by atoms with Crippen molar-refractivity contribution in [1.29, 1.82) is 0 Å². The number of aryl methyl sites for hydroxylation is 2. The molecule has 0 spiro atoms. The molecule has 0 aromatic heterocycles. The van der Waals surface area contributed by atoms with Crippen LogP contribution in [0.3, 0.4) is 0 Å². The SMILES string of the molecule is Cc1cc([C@@H]2[C@@H](CN)C2(C)C)cc(C)c1O. The lowest BCUT2D eigenvalue weighted by atomic mass is 9.98. The van der Waals surface area contributed by atoms with Crippen molar-refractivity contribution in [3.05, 3.63) is 28.8 Å². The quantitative estimate of drug-likeness (QED) is 0.803. The average molecular weight is 219 g/mol. The Morgan fingerprint density at radius 3 is 2.12 bits per heavy atom. The molecule has 1 saturated carbocycles. The van der Waals surface area contributed by atoms with Crippen LogP contribution in [-0.4, -0.2) is 11.7 Å². The zero-order valence-electron chi connectivity index (χ0n) is 10.5. The Hall–Kier alpha value is -1.02. The van der Waals surface area contributed by atoms with Crippen molar-refractivity contribution in [2.75, 3.05) is 6.54 Å². The van der Waals surface area contributed by atoms with Crippen molar-refractivity contribution >= 4 is 0 Å². The highest BCUT2D eigenvalue weighted by atomic mass is 16.3. The number of phenolic OH excluding ortho intramolecular Hbond substituents is 1. The fraction of sp³-hybridized carbons (Fsp3) is 0.571. The number of rotatable bonds is 2. The highest BCUT2D eigenvalue weighted by molar-refractivity contribution is 5.46.